The molecular weight excluding hydrogens is 289 g/mol. The highest BCUT2D eigenvalue weighted by atomic mass is 32.1. The summed E-state index contributed by atoms with van der Waals surface area (Å²) in [4.78, 5) is 16.7. The van der Waals surface area contributed by atoms with Gasteiger partial charge in [-0.05, 0) is 24.3 Å². The Labute approximate surface area is 125 Å². The van der Waals surface area contributed by atoms with Crippen LogP contribution in [0.25, 0.3) is 10.2 Å². The summed E-state index contributed by atoms with van der Waals surface area (Å²) >= 11 is 1.44. The second kappa shape index (κ2) is 5.61. The molecule has 3 aromatic rings. The third-order valence-corrected chi connectivity index (χ3v) is 4.16. The Kier molecular flexibility index (Phi) is 3.66. The molecule has 0 aliphatic rings. The second-order valence-corrected chi connectivity index (χ2v) is 5.61. The molecule has 2 aromatic carbocycles. The van der Waals surface area contributed by atoms with E-state index in [-0.39, 0.29) is 23.5 Å². The SMILES string of the molecule is COc1cccc(F)c1C(=O)Cc1nc2ccccc2s1. The van der Waals surface area contributed by atoms with Crippen molar-refractivity contribution < 1.29 is 13.9 Å². The number of aromatic nitrogens is 1. The van der Waals surface area contributed by atoms with Gasteiger partial charge in [0, 0.05) is 0 Å². The molecule has 0 aliphatic carbocycles. The minimum atomic E-state index is -0.569. The van der Waals surface area contributed by atoms with Gasteiger partial charge in [0.25, 0.3) is 0 Å². The number of Topliss-reactive ketones (excluding diaryl/α,β-unsaturated/α-hetero) is 1. The molecule has 5 heteroatoms. The van der Waals surface area contributed by atoms with E-state index in [4.69, 9.17) is 4.74 Å². The van der Waals surface area contributed by atoms with Gasteiger partial charge >= 0.3 is 0 Å². The molecule has 106 valence electrons. The molecule has 0 bridgehead atoms. The number of halogens is 1. The number of benzene rings is 2. The van der Waals surface area contributed by atoms with Gasteiger partial charge in [-0.3, -0.25) is 4.79 Å². The quantitative estimate of drug-likeness (QED) is 0.687. The lowest BCUT2D eigenvalue weighted by molar-refractivity contribution is 0.0986. The number of thiazole rings is 1. The average Bonchev–Trinajstić information content (AvgIpc) is 2.88. The van der Waals surface area contributed by atoms with Gasteiger partial charge < -0.3 is 4.74 Å². The van der Waals surface area contributed by atoms with Crippen LogP contribution in [0.3, 0.4) is 0 Å². The van der Waals surface area contributed by atoms with Gasteiger partial charge in [0.15, 0.2) is 5.78 Å². The molecule has 21 heavy (non-hydrogen) atoms. The van der Waals surface area contributed by atoms with Crippen molar-refractivity contribution in [3.05, 3.63) is 58.9 Å². The maximum atomic E-state index is 13.9. The first kappa shape index (κ1) is 13.7. The average molecular weight is 301 g/mol. The molecular formula is C16H12FNO2S. The number of carbonyl (C=O) groups excluding carboxylic acids is 1. The van der Waals surface area contributed by atoms with E-state index in [9.17, 15) is 9.18 Å². The van der Waals surface area contributed by atoms with E-state index in [1.807, 2.05) is 24.3 Å². The lowest BCUT2D eigenvalue weighted by Crippen LogP contribution is -2.08. The summed E-state index contributed by atoms with van der Waals surface area (Å²) in [6, 6.07) is 12.0. The molecule has 0 aliphatic heterocycles. The molecule has 0 saturated carbocycles. The number of methoxy groups -OCH3 is 1. The molecule has 3 rings (SSSR count). The highest BCUT2D eigenvalue weighted by Gasteiger charge is 2.19. The molecule has 0 saturated heterocycles. The monoisotopic (exact) mass is 301 g/mol. The van der Waals surface area contributed by atoms with Crippen molar-refractivity contribution in [1.82, 2.24) is 4.98 Å². The standard InChI is InChI=1S/C16H12FNO2S/c1-20-13-7-4-5-10(17)16(13)12(19)9-15-18-11-6-2-3-8-14(11)21-15/h2-8H,9H2,1H3. The van der Waals surface area contributed by atoms with Crippen molar-refractivity contribution >= 4 is 27.3 Å². The number of nitrogens with zero attached hydrogens (tertiary/aromatic N) is 1. The number of rotatable bonds is 4. The highest BCUT2D eigenvalue weighted by Crippen LogP contribution is 2.26. The van der Waals surface area contributed by atoms with Gasteiger partial charge in [0.05, 0.1) is 29.3 Å². The van der Waals surface area contributed by atoms with Crippen molar-refractivity contribution in [3.8, 4) is 5.75 Å². The Morgan fingerprint density at radius 1 is 1.24 bits per heavy atom. The molecule has 1 aromatic heterocycles. The van der Waals surface area contributed by atoms with E-state index in [0.717, 1.165) is 10.2 Å². The molecule has 1 heterocycles. The second-order valence-electron chi connectivity index (χ2n) is 4.49. The molecule has 0 radical (unpaired) electrons. The number of hydrogen-bond acceptors (Lipinski definition) is 4. The van der Waals surface area contributed by atoms with Crippen molar-refractivity contribution in [1.29, 1.82) is 0 Å². The Morgan fingerprint density at radius 2 is 2.05 bits per heavy atom. The predicted molar refractivity (Wildman–Crippen MR) is 80.6 cm³/mol. The van der Waals surface area contributed by atoms with Gasteiger partial charge in [-0.15, -0.1) is 11.3 Å². The zero-order valence-electron chi connectivity index (χ0n) is 11.3. The van der Waals surface area contributed by atoms with E-state index >= 15 is 0 Å². The van der Waals surface area contributed by atoms with Gasteiger partial charge in [0.2, 0.25) is 0 Å². The first-order chi connectivity index (χ1) is 10.2. The summed E-state index contributed by atoms with van der Waals surface area (Å²) in [7, 11) is 1.42. The molecule has 0 atom stereocenters. The number of ether oxygens (including phenoxy) is 1. The minimum Gasteiger partial charge on any atom is -0.496 e. The highest BCUT2D eigenvalue weighted by molar-refractivity contribution is 7.18. The van der Waals surface area contributed by atoms with E-state index in [0.29, 0.717) is 5.01 Å². The smallest absolute Gasteiger partial charge is 0.176 e. The van der Waals surface area contributed by atoms with E-state index in [1.54, 1.807) is 6.07 Å². The number of hydrogen-bond donors (Lipinski definition) is 0. The van der Waals surface area contributed by atoms with Crippen molar-refractivity contribution in [3.63, 3.8) is 0 Å². The van der Waals surface area contributed by atoms with Crippen LogP contribution in [0.15, 0.2) is 42.5 Å². The van der Waals surface area contributed by atoms with Crippen molar-refractivity contribution in [2.45, 2.75) is 6.42 Å². The third kappa shape index (κ3) is 2.64. The fraction of sp³-hybridized carbons (Fsp3) is 0.125. The minimum absolute atomic E-state index is 0.0146. The Bertz CT molecular complexity index is 780. The normalized spacial score (nSPS) is 10.8. The molecule has 0 spiro atoms. The van der Waals surface area contributed by atoms with Gasteiger partial charge in [0.1, 0.15) is 16.6 Å². The maximum absolute atomic E-state index is 13.9. The van der Waals surface area contributed by atoms with Crippen LogP contribution in [0.2, 0.25) is 0 Å². The van der Waals surface area contributed by atoms with Crippen LogP contribution in [-0.2, 0) is 6.42 Å². The Morgan fingerprint density at radius 3 is 2.81 bits per heavy atom. The van der Waals surface area contributed by atoms with Gasteiger partial charge in [-0.1, -0.05) is 18.2 Å². The zero-order valence-corrected chi connectivity index (χ0v) is 12.1. The molecule has 3 nitrogen and oxygen atoms in total. The summed E-state index contributed by atoms with van der Waals surface area (Å²) in [5.74, 6) is -0.648. The zero-order chi connectivity index (χ0) is 14.8. The summed E-state index contributed by atoms with van der Waals surface area (Å²) in [5, 5.41) is 0.673. The molecule has 0 fully saturated rings. The van der Waals surface area contributed by atoms with Crippen LogP contribution in [0.1, 0.15) is 15.4 Å². The van der Waals surface area contributed by atoms with Crippen LogP contribution >= 0.6 is 11.3 Å². The Balaban J connectivity index is 1.93. The predicted octanol–water partition coefficient (Wildman–Crippen LogP) is 3.87. The Hall–Kier alpha value is -2.27. The van der Waals surface area contributed by atoms with Crippen LogP contribution in [0, 0.1) is 5.82 Å². The van der Waals surface area contributed by atoms with E-state index in [1.165, 1.54) is 30.6 Å². The summed E-state index contributed by atoms with van der Waals surface area (Å²) in [6.45, 7) is 0. The largest absolute Gasteiger partial charge is 0.496 e. The summed E-state index contributed by atoms with van der Waals surface area (Å²) in [5.41, 5.74) is 0.838. The summed E-state index contributed by atoms with van der Waals surface area (Å²) < 4.78 is 20.0. The molecule has 0 amide bonds. The number of fused-ring (bicyclic) bond motifs is 1. The summed E-state index contributed by atoms with van der Waals surface area (Å²) in [6.07, 6.45) is 0.0661. The van der Waals surface area contributed by atoms with Crippen LogP contribution < -0.4 is 4.74 Å². The van der Waals surface area contributed by atoms with Crippen LogP contribution in [0.5, 0.6) is 5.75 Å². The first-order valence-corrected chi connectivity index (χ1v) is 7.21. The number of para-hydroxylation sites is 1. The topological polar surface area (TPSA) is 39.2 Å². The maximum Gasteiger partial charge on any atom is 0.176 e. The third-order valence-electron chi connectivity index (χ3n) is 3.12. The van der Waals surface area contributed by atoms with Gasteiger partial charge in [-0.2, -0.15) is 0 Å². The van der Waals surface area contributed by atoms with Crippen LogP contribution in [-0.4, -0.2) is 17.9 Å². The number of ketones is 1. The fourth-order valence-corrected chi connectivity index (χ4v) is 3.13. The lowest BCUT2D eigenvalue weighted by atomic mass is 10.1. The lowest BCUT2D eigenvalue weighted by Gasteiger charge is -2.07. The van der Waals surface area contributed by atoms with E-state index < -0.39 is 5.82 Å². The molecule has 0 N–H and O–H groups in total. The first-order valence-electron chi connectivity index (χ1n) is 6.39. The number of carbonyl (C=O) groups is 1. The molecule has 0 unspecified atom stereocenters. The van der Waals surface area contributed by atoms with Crippen molar-refractivity contribution in [2.75, 3.05) is 7.11 Å². The van der Waals surface area contributed by atoms with Gasteiger partial charge in [-0.25, -0.2) is 9.37 Å². The fourth-order valence-electron chi connectivity index (χ4n) is 2.17. The van der Waals surface area contributed by atoms with Crippen molar-refractivity contribution in [2.24, 2.45) is 0 Å². The van der Waals surface area contributed by atoms with Crippen LogP contribution in [0.4, 0.5) is 4.39 Å². The van der Waals surface area contributed by atoms with E-state index in [2.05, 4.69) is 4.98 Å².